The molecule has 2 aliphatic rings. The van der Waals surface area contributed by atoms with E-state index in [0.29, 0.717) is 43.4 Å². The molecule has 31 heavy (non-hydrogen) atoms. The fourth-order valence-electron chi connectivity index (χ4n) is 3.41. The first kappa shape index (κ1) is 21.9. The van der Waals surface area contributed by atoms with E-state index < -0.39 is 16.1 Å². The number of hydrogen-bond acceptors (Lipinski definition) is 7. The molecule has 1 atom stereocenters. The van der Waals surface area contributed by atoms with E-state index in [1.807, 2.05) is 18.4 Å². The molecule has 0 aromatic heterocycles. The van der Waals surface area contributed by atoms with Gasteiger partial charge in [-0.1, -0.05) is 12.1 Å². The summed E-state index contributed by atoms with van der Waals surface area (Å²) < 4.78 is 45.1. The lowest BCUT2D eigenvalue weighted by Gasteiger charge is -2.28. The topological polar surface area (TPSA) is 94.2 Å². The fraction of sp³-hybridized carbons (Fsp3) is 0.381. The number of sulfonamides is 1. The van der Waals surface area contributed by atoms with Crippen molar-refractivity contribution in [3.05, 3.63) is 48.0 Å². The molecule has 4 rings (SSSR count). The first-order valence-corrected chi connectivity index (χ1v) is 12.6. The zero-order valence-electron chi connectivity index (χ0n) is 17.1. The smallest absolute Gasteiger partial charge is 0.255 e. The Morgan fingerprint density at radius 3 is 2.65 bits per heavy atom. The Labute approximate surface area is 185 Å². The SMILES string of the molecule is CSc1ccc(S(=O)(=O)NCC2COc3ccccc3O2)cc1C(=O)N1CCOCC1. The molecule has 0 saturated carbocycles. The minimum absolute atomic E-state index is 0.0408. The van der Waals surface area contributed by atoms with Crippen molar-refractivity contribution >= 4 is 27.7 Å². The molecule has 2 aromatic carbocycles. The lowest BCUT2D eigenvalue weighted by Crippen LogP contribution is -2.41. The van der Waals surface area contributed by atoms with Crippen LogP contribution in [0.25, 0.3) is 0 Å². The number of carbonyl (C=O) groups is 1. The van der Waals surface area contributed by atoms with Crippen LogP contribution in [0.5, 0.6) is 11.5 Å². The van der Waals surface area contributed by atoms with Crippen molar-refractivity contribution in [3.63, 3.8) is 0 Å². The number of thioether (sulfide) groups is 1. The second kappa shape index (κ2) is 9.47. The number of amides is 1. The molecule has 1 unspecified atom stereocenters. The molecule has 0 bridgehead atoms. The van der Waals surface area contributed by atoms with E-state index in [1.54, 1.807) is 23.1 Å². The minimum atomic E-state index is -3.84. The maximum Gasteiger partial charge on any atom is 0.255 e. The molecule has 10 heteroatoms. The van der Waals surface area contributed by atoms with Crippen molar-refractivity contribution < 1.29 is 27.4 Å². The third-order valence-corrected chi connectivity index (χ3v) is 7.30. The number of hydrogen-bond donors (Lipinski definition) is 1. The highest BCUT2D eigenvalue weighted by molar-refractivity contribution is 7.98. The molecular formula is C21H24N2O6S2. The molecule has 1 fully saturated rings. The highest BCUT2D eigenvalue weighted by atomic mass is 32.2. The van der Waals surface area contributed by atoms with Crippen molar-refractivity contribution in [2.75, 3.05) is 45.7 Å². The van der Waals surface area contributed by atoms with E-state index in [2.05, 4.69) is 4.72 Å². The van der Waals surface area contributed by atoms with Crippen molar-refractivity contribution in [2.24, 2.45) is 0 Å². The van der Waals surface area contributed by atoms with Crippen LogP contribution in [0.15, 0.2) is 52.3 Å². The van der Waals surface area contributed by atoms with Crippen molar-refractivity contribution in [3.8, 4) is 11.5 Å². The molecule has 1 amide bonds. The molecule has 0 aliphatic carbocycles. The second-order valence-corrected chi connectivity index (χ2v) is 9.73. The number of fused-ring (bicyclic) bond motifs is 1. The standard InChI is InChI=1S/C21H24N2O6S2/c1-30-20-7-6-16(12-17(20)21(24)23-8-10-27-11-9-23)31(25,26)22-13-15-14-28-18-4-2-3-5-19(18)29-15/h2-7,12,15,22H,8-11,13-14H2,1H3. The van der Waals surface area contributed by atoms with Gasteiger partial charge in [-0.3, -0.25) is 4.79 Å². The Balaban J connectivity index is 1.48. The number of nitrogens with one attached hydrogen (secondary N) is 1. The maximum absolute atomic E-state index is 13.0. The summed E-state index contributed by atoms with van der Waals surface area (Å²) in [5.41, 5.74) is 0.378. The quantitative estimate of drug-likeness (QED) is 0.654. The van der Waals surface area contributed by atoms with Crippen LogP contribution in [-0.4, -0.2) is 71.0 Å². The van der Waals surface area contributed by atoms with E-state index in [0.717, 1.165) is 4.90 Å². The normalized spacial score (nSPS) is 18.6. The minimum Gasteiger partial charge on any atom is -0.486 e. The second-order valence-electron chi connectivity index (χ2n) is 7.12. The molecule has 0 spiro atoms. The molecule has 2 aliphatic heterocycles. The molecule has 166 valence electrons. The van der Waals surface area contributed by atoms with E-state index >= 15 is 0 Å². The predicted molar refractivity (Wildman–Crippen MR) is 116 cm³/mol. The first-order valence-electron chi connectivity index (χ1n) is 9.91. The number of morpholine rings is 1. The molecule has 2 heterocycles. The number of ether oxygens (including phenoxy) is 3. The number of para-hydroxylation sites is 2. The fourth-order valence-corrected chi connectivity index (χ4v) is 5.07. The number of carbonyl (C=O) groups excluding carboxylic acids is 1. The highest BCUT2D eigenvalue weighted by Gasteiger charge is 2.26. The summed E-state index contributed by atoms with van der Waals surface area (Å²) in [5, 5.41) is 0. The van der Waals surface area contributed by atoms with Crippen LogP contribution in [0.1, 0.15) is 10.4 Å². The van der Waals surface area contributed by atoms with Crippen LogP contribution in [-0.2, 0) is 14.8 Å². The van der Waals surface area contributed by atoms with Crippen LogP contribution in [0.3, 0.4) is 0 Å². The van der Waals surface area contributed by atoms with E-state index in [4.69, 9.17) is 14.2 Å². The van der Waals surface area contributed by atoms with Crippen molar-refractivity contribution in [1.29, 1.82) is 0 Å². The average molecular weight is 465 g/mol. The van der Waals surface area contributed by atoms with Crippen molar-refractivity contribution in [2.45, 2.75) is 15.9 Å². The van der Waals surface area contributed by atoms with Gasteiger partial charge in [0, 0.05) is 18.0 Å². The summed E-state index contributed by atoms with van der Waals surface area (Å²) >= 11 is 1.41. The number of rotatable bonds is 6. The van der Waals surface area contributed by atoms with Crippen LogP contribution in [0.4, 0.5) is 0 Å². The van der Waals surface area contributed by atoms with Gasteiger partial charge in [0.1, 0.15) is 12.7 Å². The Morgan fingerprint density at radius 1 is 1.16 bits per heavy atom. The summed E-state index contributed by atoms with van der Waals surface area (Å²) in [7, 11) is -3.84. The van der Waals surface area contributed by atoms with Gasteiger partial charge in [-0.05, 0) is 36.6 Å². The van der Waals surface area contributed by atoms with Gasteiger partial charge in [0.15, 0.2) is 11.5 Å². The molecule has 8 nitrogen and oxygen atoms in total. The number of nitrogens with zero attached hydrogens (tertiary/aromatic N) is 1. The third-order valence-electron chi connectivity index (χ3n) is 5.08. The molecule has 1 saturated heterocycles. The van der Waals surface area contributed by atoms with Gasteiger partial charge in [0.05, 0.1) is 30.2 Å². The first-order chi connectivity index (χ1) is 15.0. The highest BCUT2D eigenvalue weighted by Crippen LogP contribution is 2.31. The Hall–Kier alpha value is -2.27. The van der Waals surface area contributed by atoms with Crippen LogP contribution in [0, 0.1) is 0 Å². The van der Waals surface area contributed by atoms with Gasteiger partial charge >= 0.3 is 0 Å². The van der Waals surface area contributed by atoms with Crippen LogP contribution >= 0.6 is 11.8 Å². The summed E-state index contributed by atoms with van der Waals surface area (Å²) in [4.78, 5) is 15.4. The zero-order chi connectivity index (χ0) is 21.8. The number of benzene rings is 2. The molecule has 1 N–H and O–H groups in total. The van der Waals surface area contributed by atoms with Gasteiger partial charge in [-0.2, -0.15) is 0 Å². The lowest BCUT2D eigenvalue weighted by molar-refractivity contribution is 0.0300. The van der Waals surface area contributed by atoms with Gasteiger partial charge in [-0.15, -0.1) is 11.8 Å². The van der Waals surface area contributed by atoms with Gasteiger partial charge < -0.3 is 19.1 Å². The maximum atomic E-state index is 13.0. The van der Waals surface area contributed by atoms with Crippen LogP contribution < -0.4 is 14.2 Å². The van der Waals surface area contributed by atoms with Gasteiger partial charge in [0.25, 0.3) is 5.91 Å². The summed E-state index contributed by atoms with van der Waals surface area (Å²) in [5.74, 6) is 1.03. The average Bonchev–Trinajstić information content (AvgIpc) is 2.82. The monoisotopic (exact) mass is 464 g/mol. The third kappa shape index (κ3) is 4.98. The summed E-state index contributed by atoms with van der Waals surface area (Å²) in [6.45, 7) is 2.23. The van der Waals surface area contributed by atoms with E-state index in [-0.39, 0.29) is 24.0 Å². The molecule has 0 radical (unpaired) electrons. The van der Waals surface area contributed by atoms with Gasteiger partial charge in [0.2, 0.25) is 10.0 Å². The van der Waals surface area contributed by atoms with E-state index in [9.17, 15) is 13.2 Å². The van der Waals surface area contributed by atoms with E-state index in [1.165, 1.54) is 23.9 Å². The molecular weight excluding hydrogens is 440 g/mol. The van der Waals surface area contributed by atoms with Crippen molar-refractivity contribution in [1.82, 2.24) is 9.62 Å². The lowest BCUT2D eigenvalue weighted by atomic mass is 10.2. The summed E-state index contributed by atoms with van der Waals surface area (Å²) in [6, 6.07) is 11.9. The molecule has 2 aromatic rings. The Kier molecular flexibility index (Phi) is 6.71. The van der Waals surface area contributed by atoms with Crippen LogP contribution in [0.2, 0.25) is 0 Å². The Morgan fingerprint density at radius 2 is 1.90 bits per heavy atom. The Bertz CT molecular complexity index is 1050. The summed E-state index contributed by atoms with van der Waals surface area (Å²) in [6.07, 6.45) is 1.40. The largest absolute Gasteiger partial charge is 0.486 e. The predicted octanol–water partition coefficient (Wildman–Crippen LogP) is 2.00. The zero-order valence-corrected chi connectivity index (χ0v) is 18.7. The van der Waals surface area contributed by atoms with Gasteiger partial charge in [-0.25, -0.2) is 13.1 Å².